The molecule has 1 unspecified atom stereocenters. The van der Waals surface area contributed by atoms with Crippen LogP contribution in [-0.4, -0.2) is 32.3 Å². The monoisotopic (exact) mass is 401 g/mol. The minimum atomic E-state index is -0.568. The summed E-state index contributed by atoms with van der Waals surface area (Å²) in [5.41, 5.74) is 1.56. The van der Waals surface area contributed by atoms with Crippen LogP contribution in [0.15, 0.2) is 54.6 Å². The Hall–Kier alpha value is -1.88. The fourth-order valence-corrected chi connectivity index (χ4v) is 3.87. The first-order valence-electron chi connectivity index (χ1n) is 9.90. The smallest absolute Gasteiger partial charge is 0.230 e. The van der Waals surface area contributed by atoms with E-state index in [2.05, 4.69) is 17.4 Å². The van der Waals surface area contributed by atoms with Crippen molar-refractivity contribution in [1.29, 1.82) is 0 Å². The van der Waals surface area contributed by atoms with Gasteiger partial charge in [0, 0.05) is 31.4 Å². The average Bonchev–Trinajstić information content (AvgIpc) is 2.74. The average molecular weight is 402 g/mol. The van der Waals surface area contributed by atoms with E-state index in [1.165, 1.54) is 0 Å². The van der Waals surface area contributed by atoms with Gasteiger partial charge in [-0.15, -0.1) is 0 Å². The van der Waals surface area contributed by atoms with Gasteiger partial charge in [0.2, 0.25) is 5.91 Å². The molecule has 5 heteroatoms. The van der Waals surface area contributed by atoms with E-state index in [1.807, 2.05) is 49.4 Å². The summed E-state index contributed by atoms with van der Waals surface area (Å²) in [5.74, 6) is 0.0502. The second kappa shape index (κ2) is 10.1. The number of nitrogens with one attached hydrogen (secondary N) is 1. The van der Waals surface area contributed by atoms with Crippen molar-refractivity contribution in [3.63, 3.8) is 0 Å². The van der Waals surface area contributed by atoms with Gasteiger partial charge >= 0.3 is 0 Å². The largest absolute Gasteiger partial charge is 0.381 e. The molecule has 2 aromatic carbocycles. The molecule has 4 nitrogen and oxygen atoms in total. The molecule has 0 aromatic heterocycles. The Morgan fingerprint density at radius 2 is 1.93 bits per heavy atom. The van der Waals surface area contributed by atoms with Gasteiger partial charge in [-0.1, -0.05) is 54.1 Å². The van der Waals surface area contributed by atoms with Crippen LogP contribution in [0.25, 0.3) is 0 Å². The molecule has 1 atom stereocenters. The zero-order chi connectivity index (χ0) is 19.8. The third kappa shape index (κ3) is 5.13. The van der Waals surface area contributed by atoms with Crippen molar-refractivity contribution < 1.29 is 14.3 Å². The summed E-state index contributed by atoms with van der Waals surface area (Å²) < 4.78 is 11.4. The number of carbonyl (C=O) groups excluding carboxylic acids is 1. The van der Waals surface area contributed by atoms with Crippen molar-refractivity contribution in [3.8, 4) is 0 Å². The number of hydrogen-bond donors (Lipinski definition) is 1. The highest BCUT2D eigenvalue weighted by Gasteiger charge is 2.41. The molecule has 1 amide bonds. The highest BCUT2D eigenvalue weighted by atomic mass is 35.5. The van der Waals surface area contributed by atoms with Crippen molar-refractivity contribution in [1.82, 2.24) is 5.32 Å². The minimum absolute atomic E-state index is 0.0465. The number of rotatable bonds is 8. The summed E-state index contributed by atoms with van der Waals surface area (Å²) in [6.45, 7) is 4.40. The molecule has 1 aliphatic heterocycles. The highest BCUT2D eigenvalue weighted by Crippen LogP contribution is 2.36. The summed E-state index contributed by atoms with van der Waals surface area (Å²) in [6, 6.07) is 17.8. The molecule has 0 aliphatic carbocycles. The number of benzene rings is 2. The molecule has 3 rings (SSSR count). The summed E-state index contributed by atoms with van der Waals surface area (Å²) in [7, 11) is 0. The SMILES string of the molecule is CC(OCCCNC(=O)C1(c2cccc(Cl)c2)CCOCC1)c1ccccc1. The highest BCUT2D eigenvalue weighted by molar-refractivity contribution is 6.30. The molecule has 1 saturated heterocycles. The molecule has 1 aliphatic rings. The predicted molar refractivity (Wildman–Crippen MR) is 112 cm³/mol. The van der Waals surface area contributed by atoms with Crippen LogP contribution in [0.4, 0.5) is 0 Å². The lowest BCUT2D eigenvalue weighted by Gasteiger charge is -2.36. The van der Waals surface area contributed by atoms with Crippen molar-refractivity contribution in [2.24, 2.45) is 0 Å². The Labute approximate surface area is 172 Å². The lowest BCUT2D eigenvalue weighted by atomic mass is 9.73. The maximum atomic E-state index is 13.1. The zero-order valence-electron chi connectivity index (χ0n) is 16.3. The first kappa shape index (κ1) is 20.8. The van der Waals surface area contributed by atoms with Crippen LogP contribution in [-0.2, 0) is 19.7 Å². The quantitative estimate of drug-likeness (QED) is 0.654. The number of hydrogen-bond acceptors (Lipinski definition) is 3. The molecule has 150 valence electrons. The normalized spacial score (nSPS) is 17.1. The lowest BCUT2D eigenvalue weighted by Crippen LogP contribution is -2.48. The Morgan fingerprint density at radius 1 is 1.18 bits per heavy atom. The Kier molecular flexibility index (Phi) is 7.49. The Morgan fingerprint density at radius 3 is 2.64 bits per heavy atom. The van der Waals surface area contributed by atoms with Crippen LogP contribution in [0.5, 0.6) is 0 Å². The fourth-order valence-electron chi connectivity index (χ4n) is 3.68. The van der Waals surface area contributed by atoms with E-state index in [1.54, 1.807) is 0 Å². The number of carbonyl (C=O) groups is 1. The molecular weight excluding hydrogens is 374 g/mol. The van der Waals surface area contributed by atoms with Crippen LogP contribution in [0.2, 0.25) is 5.02 Å². The Balaban J connectivity index is 1.52. The van der Waals surface area contributed by atoms with Crippen molar-refractivity contribution in [2.45, 2.75) is 37.7 Å². The summed E-state index contributed by atoms with van der Waals surface area (Å²) in [6.07, 6.45) is 2.15. The second-order valence-electron chi connectivity index (χ2n) is 7.24. The van der Waals surface area contributed by atoms with E-state index in [4.69, 9.17) is 21.1 Å². The van der Waals surface area contributed by atoms with Gasteiger partial charge in [-0.25, -0.2) is 0 Å². The maximum Gasteiger partial charge on any atom is 0.230 e. The minimum Gasteiger partial charge on any atom is -0.381 e. The first-order valence-corrected chi connectivity index (χ1v) is 10.3. The molecule has 0 saturated carbocycles. The third-order valence-corrected chi connectivity index (χ3v) is 5.64. The molecule has 28 heavy (non-hydrogen) atoms. The van der Waals surface area contributed by atoms with Gasteiger partial charge in [-0.2, -0.15) is 0 Å². The summed E-state index contributed by atoms with van der Waals surface area (Å²) >= 11 is 6.18. The predicted octanol–water partition coefficient (Wildman–Crippen LogP) is 4.67. The van der Waals surface area contributed by atoms with Crippen LogP contribution in [0.3, 0.4) is 0 Å². The molecule has 1 fully saturated rings. The second-order valence-corrected chi connectivity index (χ2v) is 7.67. The van der Waals surface area contributed by atoms with E-state index in [9.17, 15) is 4.79 Å². The lowest BCUT2D eigenvalue weighted by molar-refractivity contribution is -0.130. The van der Waals surface area contributed by atoms with Gasteiger partial charge < -0.3 is 14.8 Å². The Bertz CT molecular complexity index is 759. The number of halogens is 1. The maximum absolute atomic E-state index is 13.1. The van der Waals surface area contributed by atoms with Crippen LogP contribution in [0, 0.1) is 0 Å². The van der Waals surface area contributed by atoms with Gasteiger partial charge in [-0.3, -0.25) is 4.79 Å². The number of amides is 1. The van der Waals surface area contributed by atoms with Crippen LogP contribution < -0.4 is 5.32 Å². The van der Waals surface area contributed by atoms with E-state index in [0.717, 1.165) is 17.5 Å². The topological polar surface area (TPSA) is 47.6 Å². The fraction of sp³-hybridized carbons (Fsp3) is 0.435. The van der Waals surface area contributed by atoms with Crippen LogP contribution >= 0.6 is 11.6 Å². The van der Waals surface area contributed by atoms with E-state index in [-0.39, 0.29) is 12.0 Å². The molecule has 2 aromatic rings. The van der Waals surface area contributed by atoms with Gasteiger partial charge in [-0.05, 0) is 49.4 Å². The first-order chi connectivity index (χ1) is 13.6. The van der Waals surface area contributed by atoms with Gasteiger partial charge in [0.1, 0.15) is 0 Å². The summed E-state index contributed by atoms with van der Waals surface area (Å²) in [4.78, 5) is 13.1. The molecule has 0 radical (unpaired) electrons. The summed E-state index contributed by atoms with van der Waals surface area (Å²) in [5, 5.41) is 3.76. The standard InChI is InChI=1S/C23H28ClNO3/c1-18(19-7-3-2-4-8-19)28-14-6-13-25-22(26)23(11-15-27-16-12-23)20-9-5-10-21(24)17-20/h2-5,7-10,17-18H,6,11-16H2,1H3,(H,25,26). The molecular formula is C23H28ClNO3. The molecule has 0 spiro atoms. The number of ether oxygens (including phenoxy) is 2. The van der Waals surface area contributed by atoms with E-state index >= 15 is 0 Å². The van der Waals surface area contributed by atoms with Crippen LogP contribution in [0.1, 0.15) is 43.4 Å². The third-order valence-electron chi connectivity index (χ3n) is 5.40. The van der Waals surface area contributed by atoms with Gasteiger partial charge in [0.15, 0.2) is 0 Å². The zero-order valence-corrected chi connectivity index (χ0v) is 17.1. The van der Waals surface area contributed by atoms with E-state index in [0.29, 0.717) is 44.2 Å². The van der Waals surface area contributed by atoms with Gasteiger partial charge in [0.25, 0.3) is 0 Å². The van der Waals surface area contributed by atoms with Crippen molar-refractivity contribution >= 4 is 17.5 Å². The van der Waals surface area contributed by atoms with Crippen molar-refractivity contribution in [2.75, 3.05) is 26.4 Å². The molecule has 0 bridgehead atoms. The van der Waals surface area contributed by atoms with Crippen molar-refractivity contribution in [3.05, 3.63) is 70.7 Å². The van der Waals surface area contributed by atoms with Gasteiger partial charge in [0.05, 0.1) is 11.5 Å². The molecule has 1 heterocycles. The molecule has 1 N–H and O–H groups in total. The van der Waals surface area contributed by atoms with E-state index < -0.39 is 5.41 Å².